The third kappa shape index (κ3) is 5.51. The lowest BCUT2D eigenvalue weighted by atomic mass is 9.92. The normalized spacial score (nSPS) is 12.7. The van der Waals surface area contributed by atoms with Gasteiger partial charge in [0.05, 0.1) is 10.9 Å². The monoisotopic (exact) mass is 406 g/mol. The summed E-state index contributed by atoms with van der Waals surface area (Å²) in [7, 11) is -3.60. The lowest BCUT2D eigenvalue weighted by Crippen LogP contribution is -2.32. The minimum atomic E-state index is -3.60. The van der Waals surface area contributed by atoms with Crippen molar-refractivity contribution < 1.29 is 13.2 Å². The summed E-state index contributed by atoms with van der Waals surface area (Å²) in [5, 5.41) is 5.13. The van der Waals surface area contributed by atoms with Crippen LogP contribution in [-0.2, 0) is 10.0 Å². The van der Waals surface area contributed by atoms with Crippen molar-refractivity contribution in [2.24, 2.45) is 5.92 Å². The molecule has 0 aliphatic rings. The predicted molar refractivity (Wildman–Crippen MR) is 110 cm³/mol. The summed E-state index contributed by atoms with van der Waals surface area (Å²) in [6.07, 6.45) is 3.40. The minimum Gasteiger partial charge on any atom is -0.344 e. The van der Waals surface area contributed by atoms with E-state index in [9.17, 15) is 13.2 Å². The Labute approximate surface area is 165 Å². The van der Waals surface area contributed by atoms with Crippen LogP contribution in [0.15, 0.2) is 59.3 Å². The molecule has 0 radical (unpaired) electrons. The number of nitrogens with one attached hydrogen (secondary N) is 2. The van der Waals surface area contributed by atoms with E-state index in [-0.39, 0.29) is 23.4 Å². The molecule has 0 spiro atoms. The zero-order chi connectivity index (χ0) is 19.9. The highest BCUT2D eigenvalue weighted by atomic mass is 32.2. The van der Waals surface area contributed by atoms with Crippen LogP contribution >= 0.6 is 11.3 Å². The number of amides is 1. The topological polar surface area (TPSA) is 75.3 Å². The third-order valence-electron chi connectivity index (χ3n) is 4.50. The summed E-state index contributed by atoms with van der Waals surface area (Å²) in [5.74, 6) is 0.138. The lowest BCUT2D eigenvalue weighted by Gasteiger charge is -2.25. The van der Waals surface area contributed by atoms with Gasteiger partial charge in [-0.25, -0.2) is 13.1 Å². The molecule has 1 heterocycles. The Bertz CT molecular complexity index is 840. The Balaban J connectivity index is 2.17. The van der Waals surface area contributed by atoms with Gasteiger partial charge in [0.2, 0.25) is 10.0 Å². The van der Waals surface area contributed by atoms with Crippen LogP contribution < -0.4 is 10.0 Å². The molecule has 0 bridgehead atoms. The van der Waals surface area contributed by atoms with Crippen molar-refractivity contribution >= 4 is 27.3 Å². The highest BCUT2D eigenvalue weighted by molar-refractivity contribution is 7.89. The standard InChI is InChI=1S/C20H26N2O3S2/c1-4-13-21-27(24,25)17-11-9-16(10-12-17)20(23)22-19(15(5-2)6-3)18-8-7-14-26-18/h4,7-12,14-15,19,21H,1,5-6,13H2,2-3H3,(H,22,23)/t19-/m0/s1. The quantitative estimate of drug-likeness (QED) is 0.583. The first-order chi connectivity index (χ1) is 12.9. The number of hydrogen-bond donors (Lipinski definition) is 2. The molecule has 1 atom stereocenters. The first kappa shape index (κ1) is 21.3. The fourth-order valence-electron chi connectivity index (χ4n) is 2.91. The summed E-state index contributed by atoms with van der Waals surface area (Å²) in [4.78, 5) is 14.0. The maximum absolute atomic E-state index is 12.7. The Morgan fingerprint density at radius 2 is 1.85 bits per heavy atom. The second-order valence-corrected chi connectivity index (χ2v) is 8.95. The van der Waals surface area contributed by atoms with E-state index in [4.69, 9.17) is 0 Å². The molecule has 0 saturated carbocycles. The van der Waals surface area contributed by atoms with Gasteiger partial charge in [0.15, 0.2) is 0 Å². The molecule has 0 aliphatic heterocycles. The molecule has 0 fully saturated rings. The zero-order valence-corrected chi connectivity index (χ0v) is 17.3. The molecule has 146 valence electrons. The maximum Gasteiger partial charge on any atom is 0.251 e. The van der Waals surface area contributed by atoms with Gasteiger partial charge in [-0.1, -0.05) is 38.8 Å². The predicted octanol–water partition coefficient (Wildman–Crippen LogP) is 4.12. The molecular weight excluding hydrogens is 380 g/mol. The molecular formula is C20H26N2O3S2. The number of sulfonamides is 1. The van der Waals surface area contributed by atoms with E-state index in [1.54, 1.807) is 11.3 Å². The number of hydrogen-bond acceptors (Lipinski definition) is 4. The van der Waals surface area contributed by atoms with E-state index in [1.807, 2.05) is 17.5 Å². The van der Waals surface area contributed by atoms with Gasteiger partial charge in [0.25, 0.3) is 5.91 Å². The molecule has 2 rings (SSSR count). The van der Waals surface area contributed by atoms with Crippen LogP contribution in [0.4, 0.5) is 0 Å². The fraction of sp³-hybridized carbons (Fsp3) is 0.350. The van der Waals surface area contributed by atoms with Gasteiger partial charge < -0.3 is 5.32 Å². The number of carbonyl (C=O) groups is 1. The van der Waals surface area contributed by atoms with Gasteiger partial charge in [0.1, 0.15) is 0 Å². The third-order valence-corrected chi connectivity index (χ3v) is 6.90. The van der Waals surface area contributed by atoms with E-state index in [1.165, 1.54) is 30.3 Å². The number of rotatable bonds is 10. The Hall–Kier alpha value is -1.96. The van der Waals surface area contributed by atoms with Gasteiger partial charge in [-0.2, -0.15) is 0 Å². The molecule has 1 amide bonds. The van der Waals surface area contributed by atoms with Gasteiger partial charge in [-0.15, -0.1) is 17.9 Å². The van der Waals surface area contributed by atoms with E-state index in [2.05, 4.69) is 30.5 Å². The number of thiophene rings is 1. The van der Waals surface area contributed by atoms with Crippen LogP contribution in [0, 0.1) is 5.92 Å². The number of carbonyl (C=O) groups excluding carboxylic acids is 1. The highest BCUT2D eigenvalue weighted by Crippen LogP contribution is 2.30. The largest absolute Gasteiger partial charge is 0.344 e. The van der Waals surface area contributed by atoms with Crippen LogP contribution in [0.2, 0.25) is 0 Å². The Morgan fingerprint density at radius 1 is 1.19 bits per heavy atom. The second-order valence-electron chi connectivity index (χ2n) is 6.21. The van der Waals surface area contributed by atoms with Crippen molar-refractivity contribution in [2.75, 3.05) is 6.54 Å². The second kappa shape index (κ2) is 9.82. The SMILES string of the molecule is C=CCNS(=O)(=O)c1ccc(C(=O)N[C@H](c2cccs2)C(CC)CC)cc1. The van der Waals surface area contributed by atoms with E-state index in [0.717, 1.165) is 17.7 Å². The first-order valence-corrected chi connectivity index (χ1v) is 11.3. The van der Waals surface area contributed by atoms with Gasteiger partial charge >= 0.3 is 0 Å². The maximum atomic E-state index is 12.7. The summed E-state index contributed by atoms with van der Waals surface area (Å²) in [5.41, 5.74) is 0.435. The zero-order valence-electron chi connectivity index (χ0n) is 15.6. The van der Waals surface area contributed by atoms with E-state index in [0.29, 0.717) is 11.5 Å². The van der Waals surface area contributed by atoms with Gasteiger partial charge in [-0.05, 0) is 41.6 Å². The van der Waals surface area contributed by atoms with Crippen molar-refractivity contribution in [3.63, 3.8) is 0 Å². The highest BCUT2D eigenvalue weighted by Gasteiger charge is 2.24. The van der Waals surface area contributed by atoms with Crippen molar-refractivity contribution in [1.82, 2.24) is 10.0 Å². The summed E-state index contributed by atoms with van der Waals surface area (Å²) in [6, 6.07) is 9.93. The average molecular weight is 407 g/mol. The van der Waals surface area contributed by atoms with Crippen LogP contribution in [0.5, 0.6) is 0 Å². The molecule has 0 saturated heterocycles. The van der Waals surface area contributed by atoms with Crippen molar-refractivity contribution in [3.05, 3.63) is 64.9 Å². The molecule has 0 unspecified atom stereocenters. The van der Waals surface area contributed by atoms with Crippen LogP contribution in [-0.4, -0.2) is 20.9 Å². The van der Waals surface area contributed by atoms with Crippen LogP contribution in [0.3, 0.4) is 0 Å². The summed E-state index contributed by atoms with van der Waals surface area (Å²) >= 11 is 1.63. The van der Waals surface area contributed by atoms with Crippen LogP contribution in [0.1, 0.15) is 48.0 Å². The van der Waals surface area contributed by atoms with Crippen molar-refractivity contribution in [3.8, 4) is 0 Å². The molecule has 7 heteroatoms. The molecule has 2 aromatic rings. The molecule has 1 aromatic carbocycles. The molecule has 2 N–H and O–H groups in total. The van der Waals surface area contributed by atoms with Gasteiger partial charge in [-0.3, -0.25) is 4.79 Å². The Kier molecular flexibility index (Phi) is 7.77. The first-order valence-electron chi connectivity index (χ1n) is 8.97. The lowest BCUT2D eigenvalue weighted by molar-refractivity contribution is 0.0920. The average Bonchev–Trinajstić information content (AvgIpc) is 3.21. The summed E-state index contributed by atoms with van der Waals surface area (Å²) in [6.45, 7) is 7.89. The van der Waals surface area contributed by atoms with E-state index < -0.39 is 10.0 Å². The van der Waals surface area contributed by atoms with Crippen molar-refractivity contribution in [2.45, 2.75) is 37.6 Å². The van der Waals surface area contributed by atoms with E-state index >= 15 is 0 Å². The smallest absolute Gasteiger partial charge is 0.251 e. The molecule has 27 heavy (non-hydrogen) atoms. The molecule has 1 aromatic heterocycles. The fourth-order valence-corrected chi connectivity index (χ4v) is 4.78. The minimum absolute atomic E-state index is 0.0508. The number of benzene rings is 1. The molecule has 5 nitrogen and oxygen atoms in total. The summed E-state index contributed by atoms with van der Waals surface area (Å²) < 4.78 is 26.6. The van der Waals surface area contributed by atoms with Crippen LogP contribution in [0.25, 0.3) is 0 Å². The van der Waals surface area contributed by atoms with Gasteiger partial charge in [0, 0.05) is 17.0 Å². The molecule has 0 aliphatic carbocycles. The Morgan fingerprint density at radius 3 is 2.37 bits per heavy atom. The van der Waals surface area contributed by atoms with Crippen molar-refractivity contribution in [1.29, 1.82) is 0 Å².